The number of halogens is 1. The van der Waals surface area contributed by atoms with Crippen LogP contribution in [0.25, 0.3) is 22.2 Å². The van der Waals surface area contributed by atoms with Crippen LogP contribution >= 0.6 is 12.4 Å². The fraction of sp³-hybridized carbons (Fsp3) is 0.308. The van der Waals surface area contributed by atoms with E-state index in [9.17, 15) is 13.2 Å². The third kappa shape index (κ3) is 5.03. The van der Waals surface area contributed by atoms with Gasteiger partial charge in [-0.25, -0.2) is 8.42 Å². The van der Waals surface area contributed by atoms with Crippen LogP contribution in [0.5, 0.6) is 0 Å². The maximum absolute atomic E-state index is 13.2. The molecule has 0 radical (unpaired) electrons. The average molecular weight is 541 g/mol. The highest BCUT2D eigenvalue weighted by atomic mass is 35.5. The van der Waals surface area contributed by atoms with Crippen molar-refractivity contribution in [1.82, 2.24) is 24.9 Å². The predicted octanol–water partition coefficient (Wildman–Crippen LogP) is 3.60. The van der Waals surface area contributed by atoms with Gasteiger partial charge in [0.05, 0.1) is 16.2 Å². The molecule has 1 fully saturated rings. The van der Waals surface area contributed by atoms with Crippen molar-refractivity contribution in [1.29, 1.82) is 0 Å². The van der Waals surface area contributed by atoms with Crippen molar-refractivity contribution < 1.29 is 13.2 Å². The zero-order chi connectivity index (χ0) is 25.4. The van der Waals surface area contributed by atoms with Crippen LogP contribution in [0.3, 0.4) is 0 Å². The van der Waals surface area contributed by atoms with Crippen LogP contribution in [-0.2, 0) is 16.9 Å². The molecule has 3 heterocycles. The molecule has 0 spiro atoms. The number of aryl methyl sites for hydroxylation is 1. The van der Waals surface area contributed by atoms with E-state index in [1.807, 2.05) is 31.3 Å². The van der Waals surface area contributed by atoms with Crippen LogP contribution in [0.15, 0.2) is 65.7 Å². The summed E-state index contributed by atoms with van der Waals surface area (Å²) in [5.41, 5.74) is 1.91. The van der Waals surface area contributed by atoms with E-state index in [1.165, 1.54) is 6.07 Å². The number of fused-ring (bicyclic) bond motifs is 1. The maximum atomic E-state index is 13.2. The van der Waals surface area contributed by atoms with Crippen molar-refractivity contribution in [3.05, 3.63) is 66.4 Å². The number of rotatable bonds is 5. The number of hydrogen-bond acceptors (Lipinski definition) is 7. The first-order chi connectivity index (χ1) is 17.3. The Hall–Kier alpha value is -3.50. The molecule has 194 valence electrons. The van der Waals surface area contributed by atoms with Gasteiger partial charge in [-0.2, -0.15) is 5.10 Å². The molecule has 0 N–H and O–H groups in total. The van der Waals surface area contributed by atoms with Crippen LogP contribution < -0.4 is 4.90 Å². The van der Waals surface area contributed by atoms with Gasteiger partial charge in [-0.15, -0.1) is 22.6 Å². The zero-order valence-electron chi connectivity index (χ0n) is 20.9. The lowest BCUT2D eigenvalue weighted by atomic mass is 10.0. The summed E-state index contributed by atoms with van der Waals surface area (Å²) in [5.74, 6) is 0.548. The smallest absolute Gasteiger partial charge is 0.255 e. The standard InChI is InChI=1S/C26H28N6O3S.ClH/c1-30(26(33)21-10-6-7-11-23(21)36(3,34)35)18-13-16-32(17-14-18)25-20-9-5-4-8-19(20)24(28-29-25)22-12-15-27-31(22)2;/h4-12,15,18H,13-14,16-17H2,1-3H3;1H. The predicted molar refractivity (Wildman–Crippen MR) is 146 cm³/mol. The summed E-state index contributed by atoms with van der Waals surface area (Å²) in [4.78, 5) is 17.2. The number of hydrogen-bond donors (Lipinski definition) is 0. The van der Waals surface area contributed by atoms with Crippen molar-refractivity contribution in [2.75, 3.05) is 31.3 Å². The normalized spacial score (nSPS) is 14.4. The van der Waals surface area contributed by atoms with Gasteiger partial charge in [0.25, 0.3) is 5.91 Å². The molecule has 0 unspecified atom stereocenters. The second-order valence-electron chi connectivity index (χ2n) is 9.16. The van der Waals surface area contributed by atoms with Gasteiger partial charge < -0.3 is 9.80 Å². The highest BCUT2D eigenvalue weighted by molar-refractivity contribution is 7.90. The minimum absolute atomic E-state index is 0. The van der Waals surface area contributed by atoms with Gasteiger partial charge in [0.2, 0.25) is 0 Å². The lowest BCUT2D eigenvalue weighted by Crippen LogP contribution is -2.46. The summed E-state index contributed by atoms with van der Waals surface area (Å²) < 4.78 is 26.2. The number of nitrogens with zero attached hydrogens (tertiary/aromatic N) is 6. The van der Waals surface area contributed by atoms with Crippen LogP contribution in [0.2, 0.25) is 0 Å². The van der Waals surface area contributed by atoms with E-state index in [4.69, 9.17) is 0 Å². The average Bonchev–Trinajstić information content (AvgIpc) is 3.32. The molecule has 37 heavy (non-hydrogen) atoms. The quantitative estimate of drug-likeness (QED) is 0.381. The molecule has 2 aromatic heterocycles. The molecule has 2 aromatic carbocycles. The monoisotopic (exact) mass is 540 g/mol. The Morgan fingerprint density at radius 3 is 2.27 bits per heavy atom. The second-order valence-corrected chi connectivity index (χ2v) is 11.1. The molecule has 0 aliphatic carbocycles. The van der Waals surface area contributed by atoms with E-state index in [1.54, 1.807) is 41.0 Å². The maximum Gasteiger partial charge on any atom is 0.255 e. The third-order valence-electron chi connectivity index (χ3n) is 6.88. The van der Waals surface area contributed by atoms with Gasteiger partial charge in [-0.1, -0.05) is 36.4 Å². The van der Waals surface area contributed by atoms with Crippen molar-refractivity contribution >= 4 is 44.7 Å². The summed E-state index contributed by atoms with van der Waals surface area (Å²) in [6, 6.07) is 16.4. The lowest BCUT2D eigenvalue weighted by Gasteiger charge is -2.37. The Balaban J connectivity index is 0.00000320. The first-order valence-electron chi connectivity index (χ1n) is 11.8. The Morgan fingerprint density at radius 2 is 1.62 bits per heavy atom. The number of anilines is 1. The molecule has 1 amide bonds. The largest absolute Gasteiger partial charge is 0.354 e. The van der Waals surface area contributed by atoms with Crippen LogP contribution in [0.1, 0.15) is 23.2 Å². The summed E-state index contributed by atoms with van der Waals surface area (Å²) in [6.07, 6.45) is 4.35. The summed E-state index contributed by atoms with van der Waals surface area (Å²) in [6.45, 7) is 1.42. The summed E-state index contributed by atoms with van der Waals surface area (Å²) in [5, 5.41) is 15.5. The van der Waals surface area contributed by atoms with E-state index in [-0.39, 0.29) is 34.8 Å². The first kappa shape index (κ1) is 26.6. The summed E-state index contributed by atoms with van der Waals surface area (Å²) in [7, 11) is 0.128. The highest BCUT2D eigenvalue weighted by Gasteiger charge is 2.30. The molecule has 1 aliphatic rings. The molecule has 0 atom stereocenters. The molecule has 1 saturated heterocycles. The fourth-order valence-corrected chi connectivity index (χ4v) is 5.79. The van der Waals surface area contributed by atoms with Gasteiger partial charge in [0.15, 0.2) is 15.7 Å². The number of aromatic nitrogens is 4. The lowest BCUT2D eigenvalue weighted by molar-refractivity contribution is 0.0705. The third-order valence-corrected chi connectivity index (χ3v) is 8.04. The SMILES string of the molecule is CN(C(=O)c1ccccc1S(C)(=O)=O)C1CCN(c2nnc(-c3ccnn3C)c3ccccc23)CC1.Cl. The van der Waals surface area contributed by atoms with Gasteiger partial charge in [0.1, 0.15) is 5.69 Å². The van der Waals surface area contributed by atoms with E-state index < -0.39 is 9.84 Å². The Bertz CT molecular complexity index is 1550. The molecule has 4 aromatic rings. The second kappa shape index (κ2) is 10.5. The fourth-order valence-electron chi connectivity index (χ4n) is 4.91. The molecule has 0 bridgehead atoms. The van der Waals surface area contributed by atoms with Crippen LogP contribution in [-0.4, -0.2) is 71.6 Å². The van der Waals surface area contributed by atoms with Gasteiger partial charge >= 0.3 is 0 Å². The summed E-state index contributed by atoms with van der Waals surface area (Å²) >= 11 is 0. The Morgan fingerprint density at radius 1 is 0.973 bits per heavy atom. The van der Waals surface area contributed by atoms with Crippen molar-refractivity contribution in [2.24, 2.45) is 7.05 Å². The molecule has 11 heteroatoms. The van der Waals surface area contributed by atoms with E-state index in [0.717, 1.165) is 47.1 Å². The number of piperidine rings is 1. The Labute approximate surface area is 222 Å². The zero-order valence-corrected chi connectivity index (χ0v) is 22.5. The number of benzene rings is 2. The minimum Gasteiger partial charge on any atom is -0.354 e. The molecular formula is C26H29ClN6O3S. The number of sulfone groups is 1. The van der Waals surface area contributed by atoms with Crippen LogP contribution in [0, 0.1) is 0 Å². The van der Waals surface area contributed by atoms with Crippen molar-refractivity contribution in [2.45, 2.75) is 23.8 Å². The number of amides is 1. The van der Waals surface area contributed by atoms with Crippen LogP contribution in [0.4, 0.5) is 5.82 Å². The molecule has 0 saturated carbocycles. The van der Waals surface area contributed by atoms with E-state index in [0.29, 0.717) is 13.1 Å². The number of carbonyl (C=O) groups is 1. The van der Waals surface area contributed by atoms with Gasteiger partial charge in [-0.3, -0.25) is 9.48 Å². The van der Waals surface area contributed by atoms with Gasteiger partial charge in [0, 0.05) is 56.5 Å². The van der Waals surface area contributed by atoms with Crippen molar-refractivity contribution in [3.8, 4) is 11.4 Å². The van der Waals surface area contributed by atoms with E-state index in [2.05, 4.69) is 26.3 Å². The molecule has 1 aliphatic heterocycles. The van der Waals surface area contributed by atoms with E-state index >= 15 is 0 Å². The molecular weight excluding hydrogens is 512 g/mol. The number of carbonyl (C=O) groups excluding carboxylic acids is 1. The van der Waals surface area contributed by atoms with Crippen molar-refractivity contribution in [3.63, 3.8) is 0 Å². The highest BCUT2D eigenvalue weighted by Crippen LogP contribution is 2.33. The molecule has 9 nitrogen and oxygen atoms in total. The molecule has 5 rings (SSSR count). The van der Waals surface area contributed by atoms with Gasteiger partial charge in [-0.05, 0) is 31.0 Å². The Kier molecular flexibility index (Phi) is 7.52. The minimum atomic E-state index is -3.51. The first-order valence-corrected chi connectivity index (χ1v) is 13.7. The topological polar surface area (TPSA) is 101 Å².